The number of carboxylic acid groups (broad SMARTS) is 1. The minimum Gasteiger partial charge on any atom is -0.497 e. The summed E-state index contributed by atoms with van der Waals surface area (Å²) in [5.41, 5.74) is 5.49. The summed E-state index contributed by atoms with van der Waals surface area (Å²) >= 11 is 0. The van der Waals surface area contributed by atoms with E-state index in [0.717, 1.165) is 33.6 Å². The maximum atomic E-state index is 12.8. The highest BCUT2D eigenvalue weighted by atomic mass is 16.6. The maximum Gasteiger partial charge on any atom is 0.410 e. The third-order valence-corrected chi connectivity index (χ3v) is 6.24. The van der Waals surface area contributed by atoms with Gasteiger partial charge in [-0.3, -0.25) is 4.90 Å². The van der Waals surface area contributed by atoms with Gasteiger partial charge in [-0.05, 0) is 52.8 Å². The topological polar surface area (TPSA) is 76.1 Å². The number of nitrogens with zero attached hydrogens (tertiary/aromatic N) is 1. The van der Waals surface area contributed by atoms with Crippen LogP contribution in [-0.4, -0.2) is 48.9 Å². The van der Waals surface area contributed by atoms with E-state index in [9.17, 15) is 14.7 Å². The Balaban J connectivity index is 1.41. The molecule has 0 spiro atoms. The fraction of sp³-hybridized carbons (Fsp3) is 0.259. The van der Waals surface area contributed by atoms with E-state index in [0.29, 0.717) is 6.42 Å². The zero-order chi connectivity index (χ0) is 23.4. The first kappa shape index (κ1) is 22.4. The van der Waals surface area contributed by atoms with Crippen molar-refractivity contribution in [3.05, 3.63) is 89.5 Å². The molecule has 0 fully saturated rings. The van der Waals surface area contributed by atoms with Crippen molar-refractivity contribution in [2.45, 2.75) is 24.8 Å². The average Bonchev–Trinajstić information content (AvgIpc) is 3.16. The number of carboxylic acids is 1. The van der Waals surface area contributed by atoms with Crippen LogP contribution in [0.1, 0.15) is 29.0 Å². The van der Waals surface area contributed by atoms with Crippen LogP contribution >= 0.6 is 0 Å². The van der Waals surface area contributed by atoms with Crippen molar-refractivity contribution in [1.82, 2.24) is 4.90 Å². The fourth-order valence-electron chi connectivity index (χ4n) is 4.40. The first-order valence-electron chi connectivity index (χ1n) is 10.9. The summed E-state index contributed by atoms with van der Waals surface area (Å²) in [4.78, 5) is 25.9. The molecule has 0 heterocycles. The normalized spacial score (nSPS) is 13.0. The SMILES string of the molecule is COc1ccc(CC[C@@H](C(=O)O)N(C)C(=O)OCC2c3ccccc3-c3ccccc32)cc1. The Morgan fingerprint density at radius 2 is 1.52 bits per heavy atom. The number of rotatable bonds is 8. The molecule has 0 aromatic heterocycles. The molecule has 0 radical (unpaired) electrons. The van der Waals surface area contributed by atoms with E-state index in [-0.39, 0.29) is 18.9 Å². The van der Waals surface area contributed by atoms with E-state index in [2.05, 4.69) is 12.1 Å². The second-order valence-electron chi connectivity index (χ2n) is 8.16. The molecule has 170 valence electrons. The van der Waals surface area contributed by atoms with Crippen molar-refractivity contribution in [2.75, 3.05) is 20.8 Å². The molecule has 6 nitrogen and oxygen atoms in total. The third kappa shape index (κ3) is 4.70. The Bertz CT molecular complexity index is 1100. The van der Waals surface area contributed by atoms with Gasteiger partial charge in [0.2, 0.25) is 0 Å². The van der Waals surface area contributed by atoms with Crippen molar-refractivity contribution < 1.29 is 24.2 Å². The number of hydrogen-bond acceptors (Lipinski definition) is 4. The van der Waals surface area contributed by atoms with Gasteiger partial charge in [0.25, 0.3) is 0 Å². The van der Waals surface area contributed by atoms with Gasteiger partial charge in [-0.25, -0.2) is 9.59 Å². The highest BCUT2D eigenvalue weighted by Gasteiger charge is 2.31. The molecule has 1 aliphatic carbocycles. The van der Waals surface area contributed by atoms with Crippen LogP contribution in [0.5, 0.6) is 5.75 Å². The minimum absolute atomic E-state index is 0.0719. The molecule has 0 unspecified atom stereocenters. The number of fused-ring (bicyclic) bond motifs is 3. The molecule has 0 saturated heterocycles. The number of carbonyl (C=O) groups is 2. The standard InChI is InChI=1S/C27H27NO5/c1-28(25(26(29)30)16-13-18-11-14-19(32-2)15-12-18)27(31)33-17-24-22-9-5-3-7-20(22)21-8-4-6-10-23(21)24/h3-12,14-15,24-25H,13,16-17H2,1-2H3,(H,29,30)/t25-/m0/s1. The fourth-order valence-corrected chi connectivity index (χ4v) is 4.40. The Morgan fingerprint density at radius 3 is 2.06 bits per heavy atom. The van der Waals surface area contributed by atoms with Crippen LogP contribution in [0.3, 0.4) is 0 Å². The van der Waals surface area contributed by atoms with Crippen molar-refractivity contribution in [3.8, 4) is 16.9 Å². The lowest BCUT2D eigenvalue weighted by Crippen LogP contribution is -2.43. The van der Waals surface area contributed by atoms with Crippen molar-refractivity contribution in [2.24, 2.45) is 0 Å². The van der Waals surface area contributed by atoms with Crippen LogP contribution in [0.2, 0.25) is 0 Å². The van der Waals surface area contributed by atoms with Crippen molar-refractivity contribution in [1.29, 1.82) is 0 Å². The number of methoxy groups -OCH3 is 1. The molecular formula is C27H27NO5. The molecule has 3 aromatic rings. The van der Waals surface area contributed by atoms with E-state index >= 15 is 0 Å². The summed E-state index contributed by atoms with van der Waals surface area (Å²) in [7, 11) is 3.07. The summed E-state index contributed by atoms with van der Waals surface area (Å²) in [6, 6.07) is 22.7. The first-order valence-corrected chi connectivity index (χ1v) is 10.9. The van der Waals surface area contributed by atoms with Gasteiger partial charge >= 0.3 is 12.1 Å². The quantitative estimate of drug-likeness (QED) is 0.530. The summed E-state index contributed by atoms with van der Waals surface area (Å²) in [6.45, 7) is 0.155. The van der Waals surface area contributed by atoms with Gasteiger partial charge < -0.3 is 14.6 Å². The number of benzene rings is 3. The molecule has 1 amide bonds. The van der Waals surface area contributed by atoms with E-state index in [1.807, 2.05) is 60.7 Å². The second-order valence-corrected chi connectivity index (χ2v) is 8.16. The number of amides is 1. The average molecular weight is 446 g/mol. The number of carbonyl (C=O) groups excluding carboxylic acids is 1. The van der Waals surface area contributed by atoms with Crippen molar-refractivity contribution >= 4 is 12.1 Å². The van der Waals surface area contributed by atoms with Crippen LogP contribution < -0.4 is 4.74 Å². The molecular weight excluding hydrogens is 418 g/mol. The van der Waals surface area contributed by atoms with Crippen LogP contribution in [0.15, 0.2) is 72.8 Å². The van der Waals surface area contributed by atoms with Gasteiger partial charge in [0, 0.05) is 13.0 Å². The maximum absolute atomic E-state index is 12.8. The van der Waals surface area contributed by atoms with E-state index in [1.54, 1.807) is 7.11 Å². The first-order chi connectivity index (χ1) is 16.0. The number of hydrogen-bond donors (Lipinski definition) is 1. The summed E-state index contributed by atoms with van der Waals surface area (Å²) < 4.78 is 10.8. The molecule has 4 rings (SSSR count). The lowest BCUT2D eigenvalue weighted by atomic mass is 9.98. The molecule has 6 heteroatoms. The Kier molecular flexibility index (Phi) is 6.63. The van der Waals surface area contributed by atoms with Crippen molar-refractivity contribution in [3.63, 3.8) is 0 Å². The predicted octanol–water partition coefficient (Wildman–Crippen LogP) is 4.96. The lowest BCUT2D eigenvalue weighted by Gasteiger charge is -2.25. The molecule has 1 N–H and O–H groups in total. The van der Waals surface area contributed by atoms with Crippen LogP contribution in [-0.2, 0) is 16.0 Å². The smallest absolute Gasteiger partial charge is 0.410 e. The van der Waals surface area contributed by atoms with Gasteiger partial charge in [-0.1, -0.05) is 60.7 Å². The molecule has 33 heavy (non-hydrogen) atoms. The molecule has 0 aliphatic heterocycles. The zero-order valence-corrected chi connectivity index (χ0v) is 18.7. The molecule has 0 bridgehead atoms. The summed E-state index contributed by atoms with van der Waals surface area (Å²) in [5, 5.41) is 9.72. The monoisotopic (exact) mass is 445 g/mol. The zero-order valence-electron chi connectivity index (χ0n) is 18.7. The number of ether oxygens (including phenoxy) is 2. The second kappa shape index (κ2) is 9.77. The Morgan fingerprint density at radius 1 is 0.939 bits per heavy atom. The van der Waals surface area contributed by atoms with E-state index < -0.39 is 18.1 Å². The largest absolute Gasteiger partial charge is 0.497 e. The van der Waals surface area contributed by atoms with Gasteiger partial charge in [0.05, 0.1) is 7.11 Å². The van der Waals surface area contributed by atoms with Crippen LogP contribution in [0, 0.1) is 0 Å². The van der Waals surface area contributed by atoms with Gasteiger partial charge in [0.1, 0.15) is 18.4 Å². The molecule has 1 aliphatic rings. The lowest BCUT2D eigenvalue weighted by molar-refractivity contribution is -0.142. The predicted molar refractivity (Wildman–Crippen MR) is 126 cm³/mol. The summed E-state index contributed by atoms with van der Waals surface area (Å²) in [5.74, 6) is -0.388. The van der Waals surface area contributed by atoms with Gasteiger partial charge in [0.15, 0.2) is 0 Å². The Labute approximate surface area is 193 Å². The third-order valence-electron chi connectivity index (χ3n) is 6.24. The highest BCUT2D eigenvalue weighted by molar-refractivity contribution is 5.81. The summed E-state index contributed by atoms with van der Waals surface area (Å²) in [6.07, 6.45) is 0.156. The van der Waals surface area contributed by atoms with Crippen LogP contribution in [0.4, 0.5) is 4.79 Å². The Hall–Kier alpha value is -3.80. The molecule has 0 saturated carbocycles. The minimum atomic E-state index is -1.06. The number of likely N-dealkylation sites (N-methyl/N-ethyl adjacent to an activating group) is 1. The number of aryl methyl sites for hydroxylation is 1. The van der Waals surface area contributed by atoms with Gasteiger partial charge in [-0.15, -0.1) is 0 Å². The van der Waals surface area contributed by atoms with E-state index in [4.69, 9.17) is 9.47 Å². The highest BCUT2D eigenvalue weighted by Crippen LogP contribution is 2.44. The van der Waals surface area contributed by atoms with Crippen LogP contribution in [0.25, 0.3) is 11.1 Å². The van der Waals surface area contributed by atoms with Gasteiger partial charge in [-0.2, -0.15) is 0 Å². The molecule has 1 atom stereocenters. The van der Waals surface area contributed by atoms with E-state index in [1.165, 1.54) is 11.9 Å². The molecule has 3 aromatic carbocycles. The number of aliphatic carboxylic acids is 1.